The molecular formula is C15H25ClN4O2. The van der Waals surface area contributed by atoms with Crippen LogP contribution < -0.4 is 10.6 Å². The van der Waals surface area contributed by atoms with Gasteiger partial charge < -0.3 is 20.1 Å². The van der Waals surface area contributed by atoms with Gasteiger partial charge in [0.1, 0.15) is 0 Å². The van der Waals surface area contributed by atoms with E-state index in [-0.39, 0.29) is 30.4 Å². The maximum absolute atomic E-state index is 12.1. The first-order valence-electron chi connectivity index (χ1n) is 7.30. The van der Waals surface area contributed by atoms with Gasteiger partial charge in [0.2, 0.25) is 5.91 Å². The lowest BCUT2D eigenvalue weighted by atomic mass is 10.2. The highest BCUT2D eigenvalue weighted by molar-refractivity contribution is 6.30. The number of amides is 3. The van der Waals surface area contributed by atoms with Crippen molar-refractivity contribution >= 4 is 23.5 Å². The molecule has 1 rings (SSSR count). The SMILES string of the molecule is CC(C)NC(=O)C[C@H](C)NC(=O)N(C)Cc1cc(Cl)cn1C. The molecule has 0 aliphatic carbocycles. The number of carbonyl (C=O) groups excluding carboxylic acids is 2. The number of urea groups is 1. The van der Waals surface area contributed by atoms with Crippen LogP contribution in [0.5, 0.6) is 0 Å². The van der Waals surface area contributed by atoms with Gasteiger partial charge >= 0.3 is 6.03 Å². The monoisotopic (exact) mass is 328 g/mol. The van der Waals surface area contributed by atoms with Gasteiger partial charge in [0, 0.05) is 44.5 Å². The van der Waals surface area contributed by atoms with Gasteiger partial charge in [-0.25, -0.2) is 4.79 Å². The second-order valence-corrected chi connectivity index (χ2v) is 6.33. The van der Waals surface area contributed by atoms with E-state index in [0.29, 0.717) is 11.6 Å². The van der Waals surface area contributed by atoms with Crippen molar-refractivity contribution in [3.63, 3.8) is 0 Å². The second-order valence-electron chi connectivity index (χ2n) is 5.89. The summed E-state index contributed by atoms with van der Waals surface area (Å²) >= 11 is 5.93. The Morgan fingerprint density at radius 2 is 1.95 bits per heavy atom. The first kappa shape index (κ1) is 18.4. The topological polar surface area (TPSA) is 66.4 Å². The number of nitrogens with one attached hydrogen (secondary N) is 2. The minimum Gasteiger partial charge on any atom is -0.354 e. The Morgan fingerprint density at radius 1 is 1.32 bits per heavy atom. The van der Waals surface area contributed by atoms with Gasteiger partial charge in [0.05, 0.1) is 11.6 Å². The van der Waals surface area contributed by atoms with E-state index in [2.05, 4.69) is 10.6 Å². The molecule has 7 heteroatoms. The van der Waals surface area contributed by atoms with Crippen LogP contribution in [0.3, 0.4) is 0 Å². The van der Waals surface area contributed by atoms with E-state index in [0.717, 1.165) is 5.69 Å². The summed E-state index contributed by atoms with van der Waals surface area (Å²) in [4.78, 5) is 25.3. The van der Waals surface area contributed by atoms with Crippen LogP contribution in [-0.4, -0.2) is 40.5 Å². The second kappa shape index (κ2) is 8.08. The minimum absolute atomic E-state index is 0.0698. The Hall–Kier alpha value is -1.69. The normalized spacial score (nSPS) is 12.1. The van der Waals surface area contributed by atoms with Crippen molar-refractivity contribution in [1.82, 2.24) is 20.1 Å². The predicted molar refractivity (Wildman–Crippen MR) is 87.8 cm³/mol. The molecule has 1 heterocycles. The molecule has 6 nitrogen and oxygen atoms in total. The van der Waals surface area contributed by atoms with E-state index >= 15 is 0 Å². The largest absolute Gasteiger partial charge is 0.354 e. The summed E-state index contributed by atoms with van der Waals surface area (Å²) in [6, 6.07) is 1.47. The highest BCUT2D eigenvalue weighted by Gasteiger charge is 2.16. The standard InChI is InChI=1S/C15H25ClN4O2/c1-10(2)17-14(21)6-11(3)18-15(22)20(5)9-13-7-12(16)8-19(13)4/h7-8,10-11H,6,9H2,1-5H3,(H,17,21)(H,18,22)/t11-/m0/s1. The van der Waals surface area contributed by atoms with Crippen molar-refractivity contribution in [1.29, 1.82) is 0 Å². The highest BCUT2D eigenvalue weighted by atomic mass is 35.5. The number of carbonyl (C=O) groups is 2. The molecule has 0 aromatic carbocycles. The van der Waals surface area contributed by atoms with Crippen LogP contribution in [0.4, 0.5) is 4.79 Å². The molecule has 3 amide bonds. The summed E-state index contributed by atoms with van der Waals surface area (Å²) in [5, 5.41) is 6.26. The van der Waals surface area contributed by atoms with Gasteiger partial charge in [0.15, 0.2) is 0 Å². The van der Waals surface area contributed by atoms with E-state index in [9.17, 15) is 9.59 Å². The Labute approximate surface area is 136 Å². The fourth-order valence-corrected chi connectivity index (χ4v) is 2.34. The number of aryl methyl sites for hydroxylation is 1. The molecule has 0 aliphatic heterocycles. The summed E-state index contributed by atoms with van der Waals surface area (Å²) < 4.78 is 1.88. The Bertz CT molecular complexity index is 528. The minimum atomic E-state index is -0.231. The molecule has 1 aromatic rings. The molecule has 0 fully saturated rings. The number of hydrogen-bond donors (Lipinski definition) is 2. The van der Waals surface area contributed by atoms with Crippen LogP contribution in [0.2, 0.25) is 5.02 Å². The molecule has 1 atom stereocenters. The smallest absolute Gasteiger partial charge is 0.317 e. The summed E-state index contributed by atoms with van der Waals surface area (Å²) in [6.07, 6.45) is 2.05. The maximum Gasteiger partial charge on any atom is 0.317 e. The average molecular weight is 329 g/mol. The molecule has 0 spiro atoms. The fourth-order valence-electron chi connectivity index (χ4n) is 2.07. The zero-order valence-corrected chi connectivity index (χ0v) is 14.6. The fraction of sp³-hybridized carbons (Fsp3) is 0.600. The molecule has 0 aliphatic rings. The average Bonchev–Trinajstić information content (AvgIpc) is 2.65. The van der Waals surface area contributed by atoms with Crippen molar-refractivity contribution in [2.75, 3.05) is 7.05 Å². The van der Waals surface area contributed by atoms with Gasteiger partial charge in [-0.2, -0.15) is 0 Å². The van der Waals surface area contributed by atoms with Crippen molar-refractivity contribution in [2.45, 2.75) is 45.8 Å². The third-order valence-electron chi connectivity index (χ3n) is 3.13. The van der Waals surface area contributed by atoms with Crippen LogP contribution in [0.1, 0.15) is 32.9 Å². The molecule has 22 heavy (non-hydrogen) atoms. The number of nitrogens with zero attached hydrogens (tertiary/aromatic N) is 2. The molecule has 0 bridgehead atoms. The number of rotatable bonds is 6. The zero-order chi connectivity index (χ0) is 16.9. The highest BCUT2D eigenvalue weighted by Crippen LogP contribution is 2.14. The van der Waals surface area contributed by atoms with E-state index < -0.39 is 0 Å². The van der Waals surface area contributed by atoms with Gasteiger partial charge in [-0.3, -0.25) is 4.79 Å². The number of aromatic nitrogens is 1. The third kappa shape index (κ3) is 5.97. The molecule has 1 aromatic heterocycles. The van der Waals surface area contributed by atoms with Crippen LogP contribution in [-0.2, 0) is 18.4 Å². The van der Waals surface area contributed by atoms with E-state index in [1.165, 1.54) is 0 Å². The summed E-state index contributed by atoms with van der Waals surface area (Å²) in [7, 11) is 3.59. The molecule has 0 saturated carbocycles. The van der Waals surface area contributed by atoms with Gasteiger partial charge in [0.25, 0.3) is 0 Å². The Kier molecular flexibility index (Phi) is 6.74. The molecule has 2 N–H and O–H groups in total. The number of halogens is 1. The molecule has 0 unspecified atom stereocenters. The van der Waals surface area contributed by atoms with E-state index in [4.69, 9.17) is 11.6 Å². The maximum atomic E-state index is 12.1. The predicted octanol–water partition coefficient (Wildman–Crippen LogP) is 2.12. The van der Waals surface area contributed by atoms with Crippen LogP contribution in [0.15, 0.2) is 12.3 Å². The van der Waals surface area contributed by atoms with Crippen molar-refractivity contribution < 1.29 is 9.59 Å². The van der Waals surface area contributed by atoms with E-state index in [1.54, 1.807) is 18.1 Å². The van der Waals surface area contributed by atoms with Crippen molar-refractivity contribution in [2.24, 2.45) is 7.05 Å². The first-order chi connectivity index (χ1) is 10.2. The first-order valence-corrected chi connectivity index (χ1v) is 7.68. The van der Waals surface area contributed by atoms with Gasteiger partial charge in [-0.1, -0.05) is 11.6 Å². The van der Waals surface area contributed by atoms with Crippen LogP contribution in [0, 0.1) is 0 Å². The van der Waals surface area contributed by atoms with Crippen molar-refractivity contribution in [3.05, 3.63) is 23.0 Å². The molecular weight excluding hydrogens is 304 g/mol. The van der Waals surface area contributed by atoms with Gasteiger partial charge in [-0.05, 0) is 26.8 Å². The summed E-state index contributed by atoms with van der Waals surface area (Å²) in [5.41, 5.74) is 0.938. The van der Waals surface area contributed by atoms with Gasteiger partial charge in [-0.15, -0.1) is 0 Å². The van der Waals surface area contributed by atoms with Crippen LogP contribution in [0.25, 0.3) is 0 Å². The number of hydrogen-bond acceptors (Lipinski definition) is 2. The lowest BCUT2D eigenvalue weighted by molar-refractivity contribution is -0.121. The quantitative estimate of drug-likeness (QED) is 0.840. The summed E-state index contributed by atoms with van der Waals surface area (Å²) in [5.74, 6) is -0.0698. The lowest BCUT2D eigenvalue weighted by Crippen LogP contribution is -2.44. The molecule has 0 saturated heterocycles. The van der Waals surface area contributed by atoms with Crippen molar-refractivity contribution in [3.8, 4) is 0 Å². The Morgan fingerprint density at radius 3 is 2.45 bits per heavy atom. The molecule has 0 radical (unpaired) electrons. The lowest BCUT2D eigenvalue weighted by Gasteiger charge is -2.21. The van der Waals surface area contributed by atoms with E-state index in [1.807, 2.05) is 38.5 Å². The zero-order valence-electron chi connectivity index (χ0n) is 13.8. The summed E-state index contributed by atoms with van der Waals surface area (Å²) in [6.45, 7) is 6.06. The molecule has 124 valence electrons. The Balaban J connectivity index is 2.46. The van der Waals surface area contributed by atoms with Crippen LogP contribution >= 0.6 is 11.6 Å². The third-order valence-corrected chi connectivity index (χ3v) is 3.34.